The largest absolute Gasteiger partial charge is 0.491 e. The summed E-state index contributed by atoms with van der Waals surface area (Å²) in [7, 11) is 0. The first-order chi connectivity index (χ1) is 9.56. The van der Waals surface area contributed by atoms with Gasteiger partial charge in [0, 0.05) is 25.2 Å². The number of nitro benzene ring substituents is 1. The molecule has 1 aliphatic heterocycles. The van der Waals surface area contributed by atoms with Crippen molar-refractivity contribution in [2.75, 3.05) is 26.3 Å². The smallest absolute Gasteiger partial charge is 0.273 e. The van der Waals surface area contributed by atoms with Gasteiger partial charge in [-0.05, 0) is 19.9 Å². The van der Waals surface area contributed by atoms with E-state index in [1.165, 1.54) is 12.1 Å². The van der Waals surface area contributed by atoms with Crippen molar-refractivity contribution in [1.29, 1.82) is 0 Å². The number of ether oxygens (including phenoxy) is 2. The number of hydrogen-bond acceptors (Lipinski definition) is 5. The van der Waals surface area contributed by atoms with Crippen molar-refractivity contribution in [3.8, 4) is 5.75 Å². The monoisotopic (exact) mass is 280 g/mol. The Bertz CT molecular complexity index is 464. The fourth-order valence-corrected chi connectivity index (χ4v) is 2.19. The highest BCUT2D eigenvalue weighted by Crippen LogP contribution is 2.20. The Morgan fingerprint density at radius 3 is 3.05 bits per heavy atom. The van der Waals surface area contributed by atoms with Gasteiger partial charge in [0.05, 0.1) is 17.6 Å². The molecule has 20 heavy (non-hydrogen) atoms. The van der Waals surface area contributed by atoms with Crippen LogP contribution in [0, 0.1) is 10.1 Å². The van der Waals surface area contributed by atoms with Gasteiger partial charge >= 0.3 is 0 Å². The normalized spacial score (nSPS) is 20.1. The highest BCUT2D eigenvalue weighted by atomic mass is 16.6. The van der Waals surface area contributed by atoms with Crippen LogP contribution in [0.3, 0.4) is 0 Å². The summed E-state index contributed by atoms with van der Waals surface area (Å²) >= 11 is 0. The standard InChI is InChI=1S/C14H20N2O4/c1-11(2)15-6-7-19-14(9-15)10-20-13-5-3-4-12(8-13)16(17)18/h3-5,8,11,14H,6-7,9-10H2,1-2H3/t14-/m1/s1. The molecule has 1 saturated heterocycles. The summed E-state index contributed by atoms with van der Waals surface area (Å²) < 4.78 is 11.3. The van der Waals surface area contributed by atoms with Gasteiger partial charge in [-0.1, -0.05) is 6.07 Å². The van der Waals surface area contributed by atoms with Crippen LogP contribution in [0.4, 0.5) is 5.69 Å². The molecule has 0 amide bonds. The van der Waals surface area contributed by atoms with E-state index in [0.29, 0.717) is 25.0 Å². The van der Waals surface area contributed by atoms with Gasteiger partial charge in [-0.25, -0.2) is 0 Å². The van der Waals surface area contributed by atoms with E-state index in [1.807, 2.05) is 0 Å². The number of benzene rings is 1. The highest BCUT2D eigenvalue weighted by molar-refractivity contribution is 5.37. The van der Waals surface area contributed by atoms with E-state index in [1.54, 1.807) is 12.1 Å². The fraction of sp³-hybridized carbons (Fsp3) is 0.571. The van der Waals surface area contributed by atoms with Crippen LogP contribution in [0.2, 0.25) is 0 Å². The fourth-order valence-electron chi connectivity index (χ4n) is 2.19. The quantitative estimate of drug-likeness (QED) is 0.610. The maximum absolute atomic E-state index is 10.7. The molecule has 0 radical (unpaired) electrons. The zero-order valence-electron chi connectivity index (χ0n) is 11.8. The van der Waals surface area contributed by atoms with Crippen molar-refractivity contribution in [3.63, 3.8) is 0 Å². The maximum Gasteiger partial charge on any atom is 0.273 e. The predicted octanol–water partition coefficient (Wildman–Crippen LogP) is 2.08. The zero-order valence-corrected chi connectivity index (χ0v) is 11.8. The second-order valence-corrected chi connectivity index (χ2v) is 5.15. The van der Waals surface area contributed by atoms with Crippen molar-refractivity contribution in [2.24, 2.45) is 0 Å². The van der Waals surface area contributed by atoms with Gasteiger partial charge in [0.25, 0.3) is 5.69 Å². The molecule has 0 aliphatic carbocycles. The molecular weight excluding hydrogens is 260 g/mol. The van der Waals surface area contributed by atoms with E-state index in [9.17, 15) is 10.1 Å². The van der Waals surface area contributed by atoms with E-state index in [-0.39, 0.29) is 11.8 Å². The number of morpholine rings is 1. The zero-order chi connectivity index (χ0) is 14.5. The molecule has 0 bridgehead atoms. The first-order valence-corrected chi connectivity index (χ1v) is 6.79. The lowest BCUT2D eigenvalue weighted by molar-refractivity contribution is -0.384. The molecule has 0 unspecified atom stereocenters. The first-order valence-electron chi connectivity index (χ1n) is 6.79. The average Bonchev–Trinajstić information content (AvgIpc) is 2.45. The predicted molar refractivity (Wildman–Crippen MR) is 75.0 cm³/mol. The first kappa shape index (κ1) is 14.7. The molecule has 1 aromatic carbocycles. The van der Waals surface area contributed by atoms with E-state index in [0.717, 1.165) is 13.1 Å². The molecular formula is C14H20N2O4. The molecule has 2 rings (SSSR count). The van der Waals surface area contributed by atoms with Gasteiger partial charge in [0.15, 0.2) is 0 Å². The molecule has 0 N–H and O–H groups in total. The summed E-state index contributed by atoms with van der Waals surface area (Å²) in [4.78, 5) is 12.6. The Kier molecular flexibility index (Phi) is 4.92. The summed E-state index contributed by atoms with van der Waals surface area (Å²) in [6.45, 7) is 7.18. The maximum atomic E-state index is 10.7. The van der Waals surface area contributed by atoms with Crippen molar-refractivity contribution >= 4 is 5.69 Å². The molecule has 1 aromatic rings. The lowest BCUT2D eigenvalue weighted by atomic mass is 10.2. The molecule has 1 atom stereocenters. The Hall–Kier alpha value is -1.66. The number of nitrogens with zero attached hydrogens (tertiary/aromatic N) is 2. The van der Waals surface area contributed by atoms with E-state index < -0.39 is 4.92 Å². The molecule has 0 aromatic heterocycles. The van der Waals surface area contributed by atoms with Crippen molar-refractivity contribution < 1.29 is 14.4 Å². The van der Waals surface area contributed by atoms with Crippen LogP contribution in [0.15, 0.2) is 24.3 Å². The Morgan fingerprint density at radius 2 is 2.35 bits per heavy atom. The van der Waals surface area contributed by atoms with Crippen molar-refractivity contribution in [2.45, 2.75) is 26.0 Å². The van der Waals surface area contributed by atoms with Crippen LogP contribution in [0.1, 0.15) is 13.8 Å². The average molecular weight is 280 g/mol. The summed E-state index contributed by atoms with van der Waals surface area (Å²) in [5.41, 5.74) is 0.0378. The number of rotatable bonds is 5. The number of hydrogen-bond donors (Lipinski definition) is 0. The summed E-state index contributed by atoms with van der Waals surface area (Å²) in [6, 6.07) is 6.71. The van der Waals surface area contributed by atoms with Crippen LogP contribution in [-0.4, -0.2) is 48.3 Å². The number of non-ortho nitro benzene ring substituents is 1. The van der Waals surface area contributed by atoms with Gasteiger partial charge in [-0.15, -0.1) is 0 Å². The van der Waals surface area contributed by atoms with Gasteiger partial charge in [0.1, 0.15) is 18.5 Å². The number of nitro groups is 1. The lowest BCUT2D eigenvalue weighted by Gasteiger charge is -2.35. The lowest BCUT2D eigenvalue weighted by Crippen LogP contribution is -2.47. The Balaban J connectivity index is 1.88. The summed E-state index contributed by atoms with van der Waals surface area (Å²) in [5, 5.41) is 10.7. The Labute approximate surface area is 118 Å². The molecule has 1 aliphatic rings. The third kappa shape index (κ3) is 3.91. The SMILES string of the molecule is CC(C)N1CCO[C@@H](COc2cccc([N+](=O)[O-])c2)C1. The van der Waals surface area contributed by atoms with E-state index in [4.69, 9.17) is 9.47 Å². The van der Waals surface area contributed by atoms with Crippen LogP contribution < -0.4 is 4.74 Å². The molecule has 6 heteroatoms. The summed E-state index contributed by atoms with van der Waals surface area (Å²) in [6.07, 6.45) is 0.00501. The van der Waals surface area contributed by atoms with Gasteiger partial charge in [-0.2, -0.15) is 0 Å². The third-order valence-corrected chi connectivity index (χ3v) is 3.36. The second-order valence-electron chi connectivity index (χ2n) is 5.15. The molecule has 0 saturated carbocycles. The highest BCUT2D eigenvalue weighted by Gasteiger charge is 2.22. The van der Waals surface area contributed by atoms with E-state index in [2.05, 4.69) is 18.7 Å². The molecule has 0 spiro atoms. The Morgan fingerprint density at radius 1 is 1.55 bits per heavy atom. The summed E-state index contributed by atoms with van der Waals surface area (Å²) in [5.74, 6) is 0.504. The van der Waals surface area contributed by atoms with Crippen LogP contribution in [-0.2, 0) is 4.74 Å². The van der Waals surface area contributed by atoms with Crippen molar-refractivity contribution in [3.05, 3.63) is 34.4 Å². The van der Waals surface area contributed by atoms with Gasteiger partial charge < -0.3 is 9.47 Å². The van der Waals surface area contributed by atoms with Crippen LogP contribution in [0.25, 0.3) is 0 Å². The van der Waals surface area contributed by atoms with Gasteiger partial charge in [-0.3, -0.25) is 15.0 Å². The van der Waals surface area contributed by atoms with Crippen LogP contribution >= 0.6 is 0 Å². The third-order valence-electron chi connectivity index (χ3n) is 3.36. The topological polar surface area (TPSA) is 64.8 Å². The van der Waals surface area contributed by atoms with Crippen molar-refractivity contribution in [1.82, 2.24) is 4.90 Å². The molecule has 1 heterocycles. The minimum atomic E-state index is -0.426. The van der Waals surface area contributed by atoms with Gasteiger partial charge in [0.2, 0.25) is 0 Å². The van der Waals surface area contributed by atoms with E-state index >= 15 is 0 Å². The molecule has 1 fully saturated rings. The minimum absolute atomic E-state index is 0.00501. The molecule has 110 valence electrons. The second kappa shape index (κ2) is 6.67. The minimum Gasteiger partial charge on any atom is -0.491 e. The van der Waals surface area contributed by atoms with Crippen LogP contribution in [0.5, 0.6) is 5.75 Å². The molecule has 6 nitrogen and oxygen atoms in total.